The van der Waals surface area contributed by atoms with Gasteiger partial charge in [-0.3, -0.25) is 0 Å². The van der Waals surface area contributed by atoms with Crippen LogP contribution in [0, 0.1) is 22.1 Å². The third-order valence-electron chi connectivity index (χ3n) is 2.95. The maximum Gasteiger partial charge on any atom is 0.0904 e. The third kappa shape index (κ3) is 3.86. The molecule has 0 radical (unpaired) electrons. The minimum Gasteiger partial charge on any atom is -0.343 e. The minimum absolute atomic E-state index is 0.853. The van der Waals surface area contributed by atoms with Crippen molar-refractivity contribution in [3.05, 3.63) is 0 Å². The van der Waals surface area contributed by atoms with Crippen molar-refractivity contribution in [3.63, 3.8) is 0 Å². The van der Waals surface area contributed by atoms with E-state index in [1.807, 2.05) is 0 Å². The molecule has 1 aliphatic carbocycles. The molecule has 0 aromatic rings. The van der Waals surface area contributed by atoms with Crippen molar-refractivity contribution < 1.29 is 34.2 Å². The zero-order valence-corrected chi connectivity index (χ0v) is 9.04. The van der Waals surface area contributed by atoms with Gasteiger partial charge >= 0.3 is 0 Å². The number of quaternary nitrogens is 1. The van der Waals surface area contributed by atoms with Crippen molar-refractivity contribution in [2.24, 2.45) is 11.8 Å². The van der Waals surface area contributed by atoms with Crippen LogP contribution in [0.4, 0.5) is 0 Å². The summed E-state index contributed by atoms with van der Waals surface area (Å²) in [4.78, 5) is 0. The summed E-state index contributed by atoms with van der Waals surface area (Å²) in [6.45, 7) is 1.35. The summed E-state index contributed by atoms with van der Waals surface area (Å²) < 4.78 is 34.0. The molecule has 84 valence electrons. The molecule has 3 unspecified atom stereocenters. The first-order valence-electron chi connectivity index (χ1n) is 4.43. The molecule has 2 fully saturated rings. The average molecular weight is 246 g/mol. The standard InChI is InChI=1S/C7H12ClN.ClHO4/c8-3-6-5-1-2-7(6)9-4-5;2-1(3,4)5/h5-7,9H,1-4H2;(H,2,3,4,5). The van der Waals surface area contributed by atoms with Gasteiger partial charge in [0.1, 0.15) is 0 Å². The Kier molecular flexibility index (Phi) is 4.39. The van der Waals surface area contributed by atoms with E-state index in [9.17, 15) is 0 Å². The fraction of sp³-hybridized carbons (Fsp3) is 1.00. The minimum atomic E-state index is -4.94. The molecule has 7 heteroatoms. The molecule has 1 saturated heterocycles. The molecule has 2 rings (SSSR count). The second kappa shape index (κ2) is 4.94. The molecule has 0 aromatic heterocycles. The van der Waals surface area contributed by atoms with Gasteiger partial charge in [0.25, 0.3) is 0 Å². The Bertz CT molecular complexity index is 161. The van der Waals surface area contributed by atoms with Gasteiger partial charge in [-0.1, -0.05) is 0 Å². The van der Waals surface area contributed by atoms with Gasteiger partial charge < -0.3 is 5.32 Å². The summed E-state index contributed by atoms with van der Waals surface area (Å²) in [5.74, 6) is 2.71. The number of nitrogens with two attached hydrogens (primary N) is 1. The first-order chi connectivity index (χ1) is 6.42. The smallest absolute Gasteiger partial charge is 0.0904 e. The number of piperidine rings is 1. The lowest BCUT2D eigenvalue weighted by atomic mass is 10.0. The Morgan fingerprint density at radius 2 is 1.79 bits per heavy atom. The van der Waals surface area contributed by atoms with Gasteiger partial charge in [-0.15, -0.1) is 21.8 Å². The normalized spacial score (nSPS) is 35.4. The number of halogens is 2. The van der Waals surface area contributed by atoms with Crippen molar-refractivity contribution in [2.75, 3.05) is 12.4 Å². The molecule has 5 nitrogen and oxygen atoms in total. The maximum absolute atomic E-state index is 8.49. The Labute approximate surface area is 89.4 Å². The van der Waals surface area contributed by atoms with Crippen molar-refractivity contribution in [1.29, 1.82) is 0 Å². The second-order valence-corrected chi connectivity index (χ2v) is 4.73. The highest BCUT2D eigenvalue weighted by Crippen LogP contribution is 2.33. The Morgan fingerprint density at radius 1 is 1.21 bits per heavy atom. The highest BCUT2D eigenvalue weighted by Gasteiger charge is 2.44. The van der Waals surface area contributed by atoms with Gasteiger partial charge in [-0.05, 0) is 6.42 Å². The van der Waals surface area contributed by atoms with Crippen LogP contribution in [0.5, 0.6) is 0 Å². The van der Waals surface area contributed by atoms with Gasteiger partial charge in [0.2, 0.25) is 0 Å². The van der Waals surface area contributed by atoms with E-state index in [2.05, 4.69) is 5.32 Å². The molecule has 3 atom stereocenters. The van der Waals surface area contributed by atoms with Crippen LogP contribution in [0.2, 0.25) is 0 Å². The van der Waals surface area contributed by atoms with Crippen molar-refractivity contribution >= 4 is 11.6 Å². The Balaban J connectivity index is 0.000000171. The van der Waals surface area contributed by atoms with Gasteiger partial charge in [-0.25, -0.2) is 18.6 Å². The number of fused-ring (bicyclic) bond motifs is 2. The van der Waals surface area contributed by atoms with E-state index in [1.54, 1.807) is 0 Å². The molecule has 2 N–H and O–H groups in total. The average Bonchev–Trinajstić information content (AvgIpc) is 2.58. The summed E-state index contributed by atoms with van der Waals surface area (Å²) in [5, 5.41) is 2.47. The van der Waals surface area contributed by atoms with E-state index < -0.39 is 10.2 Å². The molecule has 1 saturated carbocycles. The summed E-state index contributed by atoms with van der Waals surface area (Å²) >= 11 is 5.82. The van der Waals surface area contributed by atoms with Crippen molar-refractivity contribution in [3.8, 4) is 0 Å². The van der Waals surface area contributed by atoms with Crippen molar-refractivity contribution in [1.82, 2.24) is 0 Å². The van der Waals surface area contributed by atoms with Crippen molar-refractivity contribution in [2.45, 2.75) is 18.9 Å². The number of rotatable bonds is 1. The first kappa shape index (κ1) is 12.4. The predicted molar refractivity (Wildman–Crippen MR) is 37.5 cm³/mol. The lowest BCUT2D eigenvalue weighted by Crippen LogP contribution is -2.88. The fourth-order valence-corrected chi connectivity index (χ4v) is 2.84. The zero-order valence-electron chi connectivity index (χ0n) is 7.53. The number of alkyl halides is 1. The van der Waals surface area contributed by atoms with Gasteiger partial charge in [0.15, 0.2) is 0 Å². The van der Waals surface area contributed by atoms with Gasteiger partial charge in [0.05, 0.1) is 12.6 Å². The monoisotopic (exact) mass is 245 g/mol. The van der Waals surface area contributed by atoms with Crippen LogP contribution in [0.3, 0.4) is 0 Å². The van der Waals surface area contributed by atoms with Crippen LogP contribution in [0.1, 0.15) is 12.8 Å². The number of hydrogen-bond acceptors (Lipinski definition) is 4. The summed E-state index contributed by atoms with van der Waals surface area (Å²) in [6.07, 6.45) is 2.86. The fourth-order valence-electron chi connectivity index (χ4n) is 2.36. The first-order valence-corrected chi connectivity index (χ1v) is 6.19. The molecule has 2 bridgehead atoms. The number of hydrogen-bond donors (Lipinski definition) is 1. The van der Waals surface area contributed by atoms with Crippen LogP contribution >= 0.6 is 11.6 Å². The Morgan fingerprint density at radius 3 is 1.93 bits per heavy atom. The molecule has 1 aliphatic heterocycles. The molecule has 1 heterocycles. The molecule has 0 aromatic carbocycles. The van der Waals surface area contributed by atoms with E-state index in [0.717, 1.165) is 23.8 Å². The lowest BCUT2D eigenvalue weighted by molar-refractivity contribution is -2.00. The Hall–Kier alpha value is 0.380. The van der Waals surface area contributed by atoms with E-state index in [0.29, 0.717) is 0 Å². The molecule has 0 spiro atoms. The molecular weight excluding hydrogens is 233 g/mol. The highest BCUT2D eigenvalue weighted by molar-refractivity contribution is 6.18. The lowest BCUT2D eigenvalue weighted by Gasteiger charge is -2.17. The SMILES string of the molecule is ClCC1C2CCC1[NH2+]C2.[O-][Cl+3]([O-])([O-])[O-]. The zero-order chi connectivity index (χ0) is 10.8. The van der Waals surface area contributed by atoms with Crippen LogP contribution in [0.25, 0.3) is 0 Å². The maximum atomic E-state index is 8.49. The van der Waals surface area contributed by atoms with Crippen LogP contribution < -0.4 is 24.0 Å². The molecule has 2 aliphatic rings. The summed E-state index contributed by atoms with van der Waals surface area (Å²) in [5.41, 5.74) is 0. The van der Waals surface area contributed by atoms with E-state index >= 15 is 0 Å². The van der Waals surface area contributed by atoms with Crippen LogP contribution in [0.15, 0.2) is 0 Å². The van der Waals surface area contributed by atoms with E-state index in [1.165, 1.54) is 19.4 Å². The predicted octanol–water partition coefficient (Wildman–Crippen LogP) is -4.56. The topological polar surface area (TPSA) is 109 Å². The van der Waals surface area contributed by atoms with E-state index in [4.69, 9.17) is 30.2 Å². The molecule has 0 amide bonds. The highest BCUT2D eigenvalue weighted by atomic mass is 35.7. The van der Waals surface area contributed by atoms with Gasteiger partial charge in [0, 0.05) is 24.1 Å². The summed E-state index contributed by atoms with van der Waals surface area (Å²) in [6, 6.07) is 0.896. The summed E-state index contributed by atoms with van der Waals surface area (Å²) in [7, 11) is -4.94. The second-order valence-electron chi connectivity index (χ2n) is 3.67. The molecule has 14 heavy (non-hydrogen) atoms. The van der Waals surface area contributed by atoms with Gasteiger partial charge in [-0.2, -0.15) is 0 Å². The van der Waals surface area contributed by atoms with Crippen LogP contribution in [-0.2, 0) is 0 Å². The van der Waals surface area contributed by atoms with E-state index in [-0.39, 0.29) is 0 Å². The van der Waals surface area contributed by atoms with Crippen LogP contribution in [-0.4, -0.2) is 18.5 Å². The molecular formula is C7H13Cl2NO4. The quantitative estimate of drug-likeness (QED) is 0.470. The third-order valence-corrected chi connectivity index (χ3v) is 3.30. The largest absolute Gasteiger partial charge is 0.343 e.